The molecule has 1 N–H and O–H groups in total. The van der Waals surface area contributed by atoms with Crippen LogP contribution in [0.5, 0.6) is 0 Å². The minimum Gasteiger partial charge on any atom is -0.314 e. The molecule has 2 heteroatoms. The summed E-state index contributed by atoms with van der Waals surface area (Å²) in [6.07, 6.45) is 7.29. The average molecular weight is 240 g/mol. The first-order valence-electron chi connectivity index (χ1n) is 6.51. The molecule has 1 heterocycles. The van der Waals surface area contributed by atoms with Gasteiger partial charge in [0, 0.05) is 17.6 Å². The predicted octanol–water partition coefficient (Wildman–Crippen LogP) is 3.64. The largest absolute Gasteiger partial charge is 0.314 e. The quantitative estimate of drug-likeness (QED) is 0.807. The Balaban J connectivity index is 2.05. The second-order valence-corrected chi connectivity index (χ2v) is 4.72. The summed E-state index contributed by atoms with van der Waals surface area (Å²) in [5.41, 5.74) is 2.30. The fourth-order valence-corrected chi connectivity index (χ4v) is 1.94. The number of benzene rings is 1. The predicted molar refractivity (Wildman–Crippen MR) is 78.5 cm³/mol. The highest BCUT2D eigenvalue weighted by atomic mass is 14.9. The molecule has 0 aliphatic heterocycles. The van der Waals surface area contributed by atoms with Crippen LogP contribution in [0, 0.1) is 0 Å². The van der Waals surface area contributed by atoms with Crippen molar-refractivity contribution in [2.75, 3.05) is 6.54 Å². The second-order valence-electron chi connectivity index (χ2n) is 4.72. The Hall–Kier alpha value is -1.67. The third-order valence-electron chi connectivity index (χ3n) is 2.84. The van der Waals surface area contributed by atoms with E-state index < -0.39 is 0 Å². The summed E-state index contributed by atoms with van der Waals surface area (Å²) in [5.74, 6) is 0. The van der Waals surface area contributed by atoms with Crippen LogP contribution in [-0.4, -0.2) is 17.6 Å². The molecule has 0 bridgehead atoms. The number of pyridine rings is 1. The van der Waals surface area contributed by atoms with Gasteiger partial charge in [-0.05, 0) is 30.7 Å². The lowest BCUT2D eigenvalue weighted by Gasteiger charge is -2.05. The minimum absolute atomic E-state index is 0.556. The smallest absolute Gasteiger partial charge is 0.0707 e. The molecule has 2 rings (SSSR count). The van der Waals surface area contributed by atoms with Gasteiger partial charge in [0.05, 0.1) is 5.52 Å². The Labute approximate surface area is 109 Å². The molecular weight excluding hydrogens is 220 g/mol. The van der Waals surface area contributed by atoms with Gasteiger partial charge < -0.3 is 5.32 Å². The molecule has 1 aromatic heterocycles. The monoisotopic (exact) mass is 240 g/mol. The third-order valence-corrected chi connectivity index (χ3v) is 2.84. The summed E-state index contributed by atoms with van der Waals surface area (Å²) in [4.78, 5) is 4.36. The highest BCUT2D eigenvalue weighted by Crippen LogP contribution is 2.17. The minimum atomic E-state index is 0.556. The first-order chi connectivity index (χ1) is 8.77. The molecule has 0 atom stereocenters. The van der Waals surface area contributed by atoms with E-state index in [0.29, 0.717) is 6.04 Å². The van der Waals surface area contributed by atoms with Crippen molar-refractivity contribution in [2.24, 2.45) is 0 Å². The van der Waals surface area contributed by atoms with E-state index in [1.165, 1.54) is 10.9 Å². The Kier molecular flexibility index (Phi) is 4.48. The van der Waals surface area contributed by atoms with E-state index in [9.17, 15) is 0 Å². The Bertz CT molecular complexity index is 524. The van der Waals surface area contributed by atoms with E-state index in [1.54, 1.807) is 0 Å². The number of nitrogens with one attached hydrogen (secondary N) is 1. The fraction of sp³-hybridized carbons (Fsp3) is 0.312. The van der Waals surface area contributed by atoms with Gasteiger partial charge in [-0.25, -0.2) is 0 Å². The molecule has 0 spiro atoms. The van der Waals surface area contributed by atoms with E-state index in [1.807, 2.05) is 18.3 Å². The van der Waals surface area contributed by atoms with Gasteiger partial charge in [-0.2, -0.15) is 0 Å². The van der Waals surface area contributed by atoms with Crippen molar-refractivity contribution in [3.05, 3.63) is 48.2 Å². The fourth-order valence-electron chi connectivity index (χ4n) is 1.94. The van der Waals surface area contributed by atoms with E-state index >= 15 is 0 Å². The van der Waals surface area contributed by atoms with E-state index in [-0.39, 0.29) is 0 Å². The van der Waals surface area contributed by atoms with Crippen molar-refractivity contribution in [3.63, 3.8) is 0 Å². The van der Waals surface area contributed by atoms with Crippen LogP contribution < -0.4 is 5.32 Å². The molecule has 94 valence electrons. The number of hydrogen-bond acceptors (Lipinski definition) is 2. The highest BCUT2D eigenvalue weighted by molar-refractivity contribution is 5.87. The molecular formula is C16H20N2. The zero-order valence-corrected chi connectivity index (χ0v) is 11.1. The SMILES string of the molecule is CC(C)NCC/C=C/c1cccc2ncccc12. The lowest BCUT2D eigenvalue weighted by Crippen LogP contribution is -2.23. The van der Waals surface area contributed by atoms with Crippen molar-refractivity contribution in [3.8, 4) is 0 Å². The summed E-state index contributed by atoms with van der Waals surface area (Å²) >= 11 is 0. The van der Waals surface area contributed by atoms with Crippen LogP contribution in [0.1, 0.15) is 25.8 Å². The van der Waals surface area contributed by atoms with Gasteiger partial charge in [0.2, 0.25) is 0 Å². The lowest BCUT2D eigenvalue weighted by molar-refractivity contribution is 0.595. The first-order valence-corrected chi connectivity index (χ1v) is 6.51. The molecule has 2 aromatic rings. The maximum Gasteiger partial charge on any atom is 0.0707 e. The summed E-state index contributed by atoms with van der Waals surface area (Å²) in [6.45, 7) is 5.36. The maximum atomic E-state index is 4.36. The van der Waals surface area contributed by atoms with Crippen molar-refractivity contribution in [1.82, 2.24) is 10.3 Å². The van der Waals surface area contributed by atoms with Crippen LogP contribution in [0.3, 0.4) is 0 Å². The number of fused-ring (bicyclic) bond motifs is 1. The zero-order chi connectivity index (χ0) is 12.8. The topological polar surface area (TPSA) is 24.9 Å². The van der Waals surface area contributed by atoms with Gasteiger partial charge in [-0.3, -0.25) is 4.98 Å². The summed E-state index contributed by atoms with van der Waals surface area (Å²) in [7, 11) is 0. The van der Waals surface area contributed by atoms with Crippen molar-refractivity contribution in [1.29, 1.82) is 0 Å². The van der Waals surface area contributed by atoms with Crippen LogP contribution in [0.15, 0.2) is 42.6 Å². The number of rotatable bonds is 5. The Morgan fingerprint density at radius 1 is 1.22 bits per heavy atom. The van der Waals surface area contributed by atoms with Crippen molar-refractivity contribution >= 4 is 17.0 Å². The number of nitrogens with zero attached hydrogens (tertiary/aromatic N) is 1. The molecule has 2 nitrogen and oxygen atoms in total. The van der Waals surface area contributed by atoms with Gasteiger partial charge in [0.25, 0.3) is 0 Å². The van der Waals surface area contributed by atoms with Crippen LogP contribution in [-0.2, 0) is 0 Å². The van der Waals surface area contributed by atoms with E-state index in [0.717, 1.165) is 18.5 Å². The molecule has 1 aromatic carbocycles. The molecule has 0 aliphatic rings. The van der Waals surface area contributed by atoms with Gasteiger partial charge in [0.15, 0.2) is 0 Å². The van der Waals surface area contributed by atoms with Crippen LogP contribution in [0.25, 0.3) is 17.0 Å². The molecule has 18 heavy (non-hydrogen) atoms. The highest BCUT2D eigenvalue weighted by Gasteiger charge is 1.97. The molecule has 0 unspecified atom stereocenters. The lowest BCUT2D eigenvalue weighted by atomic mass is 10.1. The van der Waals surface area contributed by atoms with Crippen molar-refractivity contribution in [2.45, 2.75) is 26.3 Å². The van der Waals surface area contributed by atoms with Gasteiger partial charge >= 0.3 is 0 Å². The van der Waals surface area contributed by atoms with Gasteiger partial charge in [-0.1, -0.05) is 44.2 Å². The molecule has 0 saturated heterocycles. The van der Waals surface area contributed by atoms with Crippen LogP contribution in [0.2, 0.25) is 0 Å². The molecule has 0 fully saturated rings. The second kappa shape index (κ2) is 6.31. The molecule has 0 saturated carbocycles. The van der Waals surface area contributed by atoms with E-state index in [2.05, 4.69) is 54.5 Å². The summed E-state index contributed by atoms with van der Waals surface area (Å²) < 4.78 is 0. The number of aromatic nitrogens is 1. The van der Waals surface area contributed by atoms with Crippen molar-refractivity contribution < 1.29 is 0 Å². The molecule has 0 amide bonds. The maximum absolute atomic E-state index is 4.36. The number of hydrogen-bond donors (Lipinski definition) is 1. The van der Waals surface area contributed by atoms with Gasteiger partial charge in [0.1, 0.15) is 0 Å². The average Bonchev–Trinajstić information content (AvgIpc) is 2.38. The van der Waals surface area contributed by atoms with Gasteiger partial charge in [-0.15, -0.1) is 0 Å². The Morgan fingerprint density at radius 3 is 2.94 bits per heavy atom. The normalized spacial score (nSPS) is 11.7. The van der Waals surface area contributed by atoms with Crippen LogP contribution in [0.4, 0.5) is 0 Å². The van der Waals surface area contributed by atoms with Crippen LogP contribution >= 0.6 is 0 Å². The molecule has 0 radical (unpaired) electrons. The Morgan fingerprint density at radius 2 is 2.11 bits per heavy atom. The first kappa shape index (κ1) is 12.8. The standard InChI is InChI=1S/C16H20N2/c1-13(2)17-11-4-3-7-14-8-5-10-16-15(14)9-6-12-18-16/h3,5-10,12-13,17H,4,11H2,1-2H3/b7-3+. The third kappa shape index (κ3) is 3.41. The van der Waals surface area contributed by atoms with E-state index in [4.69, 9.17) is 0 Å². The summed E-state index contributed by atoms with van der Waals surface area (Å²) in [6, 6.07) is 10.9. The zero-order valence-electron chi connectivity index (χ0n) is 11.1. The molecule has 0 aliphatic carbocycles. The summed E-state index contributed by atoms with van der Waals surface area (Å²) in [5, 5.41) is 4.62.